The smallest absolute Gasteiger partial charge is 0.232 e. The fraction of sp³-hybridized carbons (Fsp3) is 0.750. The number of anilines is 3. The van der Waals surface area contributed by atoms with E-state index in [2.05, 4.69) is 20.3 Å². The minimum absolute atomic E-state index is 0.0101. The molecule has 1 aliphatic heterocycles. The lowest BCUT2D eigenvalue weighted by molar-refractivity contribution is 0.122. The van der Waals surface area contributed by atoms with E-state index in [1.54, 1.807) is 0 Å². The number of nitrogens with zero attached hydrogens (tertiary/aromatic N) is 4. The van der Waals surface area contributed by atoms with Crippen molar-refractivity contribution in [2.24, 2.45) is 5.92 Å². The molecule has 0 radical (unpaired) electrons. The second-order valence-electron chi connectivity index (χ2n) is 5.09. The molecule has 1 saturated heterocycles. The molecule has 0 aliphatic carbocycles. The molecular formula is C12H22N6O2. The van der Waals surface area contributed by atoms with Gasteiger partial charge in [-0.25, -0.2) is 0 Å². The van der Waals surface area contributed by atoms with Gasteiger partial charge >= 0.3 is 0 Å². The van der Waals surface area contributed by atoms with Gasteiger partial charge in [0.25, 0.3) is 0 Å². The lowest BCUT2D eigenvalue weighted by Gasteiger charge is -2.27. The Morgan fingerprint density at radius 2 is 2.00 bits per heavy atom. The van der Waals surface area contributed by atoms with Crippen LogP contribution in [0.3, 0.4) is 0 Å². The number of nitrogen functional groups attached to an aromatic ring is 1. The SMILES string of the molecule is CC(C)C(CO)Nc1nc(N)nc(N2CCOCC2)n1. The molecule has 1 aromatic rings. The number of nitrogens with two attached hydrogens (primary N) is 1. The first-order valence-corrected chi connectivity index (χ1v) is 6.81. The molecular weight excluding hydrogens is 260 g/mol. The standard InChI is InChI=1S/C12H22N6O2/c1-8(2)9(7-19)14-11-15-10(13)16-12(17-11)18-3-5-20-6-4-18/h8-9,19H,3-7H2,1-2H3,(H3,13,14,15,16,17). The Labute approximate surface area is 118 Å². The van der Waals surface area contributed by atoms with E-state index in [4.69, 9.17) is 10.5 Å². The normalized spacial score (nSPS) is 17.3. The number of ether oxygens (including phenoxy) is 1. The third-order valence-corrected chi connectivity index (χ3v) is 3.25. The van der Waals surface area contributed by atoms with Crippen LogP contribution in [0.4, 0.5) is 17.8 Å². The van der Waals surface area contributed by atoms with E-state index in [-0.39, 0.29) is 24.5 Å². The van der Waals surface area contributed by atoms with Crippen LogP contribution in [-0.4, -0.2) is 59.0 Å². The molecule has 112 valence electrons. The summed E-state index contributed by atoms with van der Waals surface area (Å²) in [6, 6.07) is -0.116. The average Bonchev–Trinajstić information content (AvgIpc) is 2.45. The molecule has 1 aliphatic rings. The lowest BCUT2D eigenvalue weighted by Crippen LogP contribution is -2.38. The topological polar surface area (TPSA) is 109 Å². The van der Waals surface area contributed by atoms with Crippen molar-refractivity contribution in [2.45, 2.75) is 19.9 Å². The highest BCUT2D eigenvalue weighted by Gasteiger charge is 2.18. The summed E-state index contributed by atoms with van der Waals surface area (Å²) in [5.41, 5.74) is 5.74. The number of hydrogen-bond donors (Lipinski definition) is 3. The van der Waals surface area contributed by atoms with Gasteiger partial charge in [-0.15, -0.1) is 0 Å². The Morgan fingerprint density at radius 3 is 2.60 bits per heavy atom. The maximum Gasteiger partial charge on any atom is 0.232 e. The zero-order valence-electron chi connectivity index (χ0n) is 11.9. The van der Waals surface area contributed by atoms with E-state index in [0.717, 1.165) is 13.1 Å². The third kappa shape index (κ3) is 3.67. The predicted molar refractivity (Wildman–Crippen MR) is 76.6 cm³/mol. The van der Waals surface area contributed by atoms with Crippen molar-refractivity contribution in [3.8, 4) is 0 Å². The number of nitrogens with one attached hydrogen (secondary N) is 1. The molecule has 20 heavy (non-hydrogen) atoms. The third-order valence-electron chi connectivity index (χ3n) is 3.25. The Kier molecular flexibility index (Phi) is 4.91. The summed E-state index contributed by atoms with van der Waals surface area (Å²) in [5, 5.41) is 12.5. The van der Waals surface area contributed by atoms with Crippen LogP contribution >= 0.6 is 0 Å². The maximum atomic E-state index is 9.35. The van der Waals surface area contributed by atoms with Crippen LogP contribution in [0.5, 0.6) is 0 Å². The van der Waals surface area contributed by atoms with Crippen molar-refractivity contribution in [1.29, 1.82) is 0 Å². The summed E-state index contributed by atoms with van der Waals surface area (Å²) in [6.07, 6.45) is 0. The molecule has 0 spiro atoms. The Hall–Kier alpha value is -1.67. The van der Waals surface area contributed by atoms with Crippen molar-refractivity contribution in [1.82, 2.24) is 15.0 Å². The molecule has 2 heterocycles. The number of morpholine rings is 1. The first kappa shape index (κ1) is 14.7. The number of hydrogen-bond acceptors (Lipinski definition) is 8. The van der Waals surface area contributed by atoms with Crippen LogP contribution in [-0.2, 0) is 4.74 Å². The van der Waals surface area contributed by atoms with Crippen LogP contribution < -0.4 is 16.0 Å². The molecule has 8 nitrogen and oxygen atoms in total. The van der Waals surface area contributed by atoms with E-state index >= 15 is 0 Å². The monoisotopic (exact) mass is 282 g/mol. The molecule has 1 unspecified atom stereocenters. The highest BCUT2D eigenvalue weighted by atomic mass is 16.5. The van der Waals surface area contributed by atoms with Crippen LogP contribution in [0.15, 0.2) is 0 Å². The molecule has 1 aromatic heterocycles. The zero-order chi connectivity index (χ0) is 14.5. The van der Waals surface area contributed by atoms with Crippen LogP contribution in [0.1, 0.15) is 13.8 Å². The number of aliphatic hydroxyl groups excluding tert-OH is 1. The first-order valence-electron chi connectivity index (χ1n) is 6.81. The van der Waals surface area contributed by atoms with E-state index < -0.39 is 0 Å². The molecule has 1 atom stereocenters. The summed E-state index contributed by atoms with van der Waals surface area (Å²) in [4.78, 5) is 14.6. The highest BCUT2D eigenvalue weighted by molar-refractivity contribution is 5.42. The van der Waals surface area contributed by atoms with Gasteiger partial charge in [0.05, 0.1) is 25.9 Å². The molecule has 4 N–H and O–H groups in total. The molecule has 0 aromatic carbocycles. The minimum Gasteiger partial charge on any atom is -0.394 e. The minimum atomic E-state index is -0.116. The van der Waals surface area contributed by atoms with Crippen LogP contribution in [0.2, 0.25) is 0 Å². The summed E-state index contributed by atoms with van der Waals surface area (Å²) < 4.78 is 5.30. The second-order valence-corrected chi connectivity index (χ2v) is 5.09. The number of aliphatic hydroxyl groups is 1. The van der Waals surface area contributed by atoms with Gasteiger partial charge in [-0.1, -0.05) is 13.8 Å². The maximum absolute atomic E-state index is 9.35. The highest BCUT2D eigenvalue weighted by Crippen LogP contribution is 2.15. The summed E-state index contributed by atoms with van der Waals surface area (Å²) in [5.74, 6) is 1.37. The van der Waals surface area contributed by atoms with Crippen molar-refractivity contribution in [3.05, 3.63) is 0 Å². The van der Waals surface area contributed by atoms with Gasteiger partial charge in [0, 0.05) is 13.1 Å². The molecule has 2 rings (SSSR count). The summed E-state index contributed by atoms with van der Waals surface area (Å²) in [7, 11) is 0. The lowest BCUT2D eigenvalue weighted by atomic mass is 10.1. The van der Waals surface area contributed by atoms with Crippen LogP contribution in [0, 0.1) is 5.92 Å². The fourth-order valence-corrected chi connectivity index (χ4v) is 1.94. The van der Waals surface area contributed by atoms with Gasteiger partial charge in [0.15, 0.2) is 0 Å². The van der Waals surface area contributed by atoms with Gasteiger partial charge in [-0.2, -0.15) is 15.0 Å². The van der Waals surface area contributed by atoms with Crippen molar-refractivity contribution >= 4 is 17.8 Å². The van der Waals surface area contributed by atoms with E-state index in [1.165, 1.54) is 0 Å². The van der Waals surface area contributed by atoms with E-state index in [9.17, 15) is 5.11 Å². The molecule has 0 amide bonds. The Morgan fingerprint density at radius 1 is 1.30 bits per heavy atom. The first-order chi connectivity index (χ1) is 9.60. The van der Waals surface area contributed by atoms with Gasteiger partial charge in [0.2, 0.25) is 17.8 Å². The fourth-order valence-electron chi connectivity index (χ4n) is 1.94. The molecule has 0 saturated carbocycles. The quantitative estimate of drug-likeness (QED) is 0.676. The van der Waals surface area contributed by atoms with Crippen LogP contribution in [0.25, 0.3) is 0 Å². The van der Waals surface area contributed by atoms with Crippen molar-refractivity contribution < 1.29 is 9.84 Å². The Balaban J connectivity index is 2.15. The van der Waals surface area contributed by atoms with Gasteiger partial charge in [0.1, 0.15) is 0 Å². The zero-order valence-corrected chi connectivity index (χ0v) is 11.9. The number of rotatable bonds is 5. The predicted octanol–water partition coefficient (Wildman–Crippen LogP) is -0.281. The van der Waals surface area contributed by atoms with Crippen molar-refractivity contribution in [2.75, 3.05) is 48.9 Å². The molecule has 1 fully saturated rings. The summed E-state index contributed by atoms with van der Waals surface area (Å²) in [6.45, 7) is 6.81. The Bertz CT molecular complexity index is 436. The largest absolute Gasteiger partial charge is 0.394 e. The average molecular weight is 282 g/mol. The van der Waals surface area contributed by atoms with E-state index in [0.29, 0.717) is 25.1 Å². The molecule has 8 heteroatoms. The molecule has 0 bridgehead atoms. The summed E-state index contributed by atoms with van der Waals surface area (Å²) >= 11 is 0. The number of aromatic nitrogens is 3. The van der Waals surface area contributed by atoms with Crippen molar-refractivity contribution in [3.63, 3.8) is 0 Å². The van der Waals surface area contributed by atoms with Gasteiger partial charge < -0.3 is 25.8 Å². The van der Waals surface area contributed by atoms with E-state index in [1.807, 2.05) is 18.7 Å². The second kappa shape index (κ2) is 6.67. The van der Waals surface area contributed by atoms with Gasteiger partial charge in [-0.3, -0.25) is 0 Å². The van der Waals surface area contributed by atoms with Gasteiger partial charge in [-0.05, 0) is 5.92 Å².